The minimum Gasteiger partial charge on any atom is -1.00 e. The average molecular weight is 384 g/mol. The van der Waals surface area contributed by atoms with Crippen molar-refractivity contribution >= 4 is 20.8 Å². The first-order valence-corrected chi connectivity index (χ1v) is 4.19. The summed E-state index contributed by atoms with van der Waals surface area (Å²) in [6, 6.07) is 0. The molecule has 0 rings (SSSR count). The maximum atomic E-state index is 8.74. The Morgan fingerprint density at radius 2 is 0.625 bits per heavy atom. The van der Waals surface area contributed by atoms with Gasteiger partial charge in [0.2, 0.25) is 0 Å². The molecule has 0 fully saturated rings. The minimum absolute atomic E-state index is 0. The summed E-state index contributed by atoms with van der Waals surface area (Å²) in [5.74, 6) is 0. The zero-order chi connectivity index (χ0) is 9.00. The van der Waals surface area contributed by atoms with Gasteiger partial charge in [-0.1, -0.05) is 0 Å². The summed E-state index contributed by atoms with van der Waals surface area (Å²) < 4.78 is 63.2. The molecule has 0 bridgehead atoms. The largest absolute Gasteiger partial charge is 1.00 e. The summed E-state index contributed by atoms with van der Waals surface area (Å²) in [6.45, 7) is 0. The van der Waals surface area contributed by atoms with Crippen molar-refractivity contribution < 1.29 is 143 Å². The normalized spacial score (nSPS) is 7.25. The van der Waals surface area contributed by atoms with E-state index >= 15 is 0 Å². The van der Waals surface area contributed by atoms with Crippen LogP contribution in [0.3, 0.4) is 0 Å². The minimum atomic E-state index is -4.67. The first kappa shape index (κ1) is 51.1. The van der Waals surface area contributed by atoms with Crippen molar-refractivity contribution in [3.05, 3.63) is 0 Å². The molecule has 0 atom stereocenters. The molecule has 16 heteroatoms. The van der Waals surface area contributed by atoms with E-state index in [4.69, 9.17) is 35.0 Å². The van der Waals surface area contributed by atoms with Crippen molar-refractivity contribution in [2.24, 2.45) is 0 Å². The van der Waals surface area contributed by atoms with E-state index < -0.39 is 20.8 Å². The topological polar surface area (TPSA) is 212 Å². The third kappa shape index (κ3) is 557. The van der Waals surface area contributed by atoms with Crippen LogP contribution in [-0.4, -0.2) is 46.0 Å². The Bertz CT molecular complexity index is 230. The van der Waals surface area contributed by atoms with Crippen LogP contribution in [-0.2, 0) is 55.5 Å². The molecule has 0 aliphatic carbocycles. The summed E-state index contributed by atoms with van der Waals surface area (Å²) in [5, 5.41) is 0. The van der Waals surface area contributed by atoms with Crippen molar-refractivity contribution in [2.45, 2.75) is 0 Å². The van der Waals surface area contributed by atoms with E-state index in [9.17, 15) is 0 Å². The van der Waals surface area contributed by atoms with Gasteiger partial charge in [0.15, 0.2) is 0 Å². The van der Waals surface area contributed by atoms with Crippen molar-refractivity contribution in [3.8, 4) is 0 Å². The van der Waals surface area contributed by atoms with Gasteiger partial charge in [0.05, 0.1) is 0 Å². The maximum absolute atomic E-state index is 8.74. The Morgan fingerprint density at radius 3 is 0.625 bits per heavy atom. The zero-order valence-electron chi connectivity index (χ0n) is 10.1. The van der Waals surface area contributed by atoms with Crippen LogP contribution < -0.4 is 59.1 Å². The number of hydrogen-bond donors (Lipinski definition) is 4. The molecular formula is H10Cr2Na2O10S2. The fourth-order valence-electron chi connectivity index (χ4n) is 0. The molecule has 0 heterocycles. The molecule has 0 aliphatic rings. The second-order valence-corrected chi connectivity index (χ2v) is 2.69. The fourth-order valence-corrected chi connectivity index (χ4v) is 0. The molecule has 0 aliphatic heterocycles. The Labute approximate surface area is 161 Å². The van der Waals surface area contributed by atoms with Gasteiger partial charge in [-0.15, -0.1) is 0 Å². The van der Waals surface area contributed by atoms with Crippen LogP contribution in [0.25, 0.3) is 0 Å². The van der Waals surface area contributed by atoms with Gasteiger partial charge < -0.3 is 13.8 Å². The molecule has 0 aromatic rings. The predicted molar refractivity (Wildman–Crippen MR) is 37.8 cm³/mol. The van der Waals surface area contributed by atoms with Crippen LogP contribution in [0.2, 0.25) is 0 Å². The fraction of sp³-hybridized carbons (Fsp3) is 0. The molecule has 0 aromatic carbocycles. The van der Waals surface area contributed by atoms with Crippen LogP contribution >= 0.6 is 0 Å². The SMILES string of the molecule is O.O.O=S(=O)(O)O.O=S(=O)(O)O.[Cr].[Cr].[H-].[H-].[Na+].[Na+]. The zero-order valence-corrected chi connectivity index (χ0v) is 16.2. The van der Waals surface area contributed by atoms with Gasteiger partial charge in [-0.25, -0.2) is 0 Å². The summed E-state index contributed by atoms with van der Waals surface area (Å²) >= 11 is 0. The van der Waals surface area contributed by atoms with E-state index in [-0.39, 0.29) is 108 Å². The van der Waals surface area contributed by atoms with E-state index in [0.717, 1.165) is 0 Å². The Balaban J connectivity index is -0.00000000615. The summed E-state index contributed by atoms with van der Waals surface area (Å²) in [7, 11) is -9.33. The third-order valence-corrected chi connectivity index (χ3v) is 0. The molecule has 0 saturated carbocycles. The molecule has 8 N–H and O–H groups in total. The first-order valence-electron chi connectivity index (χ1n) is 1.40. The molecule has 10 nitrogen and oxygen atoms in total. The van der Waals surface area contributed by atoms with Crippen LogP contribution in [0, 0.1) is 0 Å². The van der Waals surface area contributed by atoms with E-state index in [1.54, 1.807) is 0 Å². The van der Waals surface area contributed by atoms with Gasteiger partial charge >= 0.3 is 79.9 Å². The van der Waals surface area contributed by atoms with Crippen LogP contribution in [0.15, 0.2) is 0 Å². The monoisotopic (exact) mass is 384 g/mol. The Morgan fingerprint density at radius 1 is 0.625 bits per heavy atom. The van der Waals surface area contributed by atoms with Crippen molar-refractivity contribution in [3.63, 3.8) is 0 Å². The quantitative estimate of drug-likeness (QED) is 0.232. The van der Waals surface area contributed by atoms with E-state index in [2.05, 4.69) is 0 Å². The van der Waals surface area contributed by atoms with Gasteiger partial charge in [0.1, 0.15) is 0 Å². The third-order valence-electron chi connectivity index (χ3n) is 0. The van der Waals surface area contributed by atoms with Crippen LogP contribution in [0.1, 0.15) is 2.85 Å². The summed E-state index contributed by atoms with van der Waals surface area (Å²) in [5.41, 5.74) is 0. The predicted octanol–water partition coefficient (Wildman–Crippen LogP) is -8.73. The molecule has 0 spiro atoms. The van der Waals surface area contributed by atoms with Gasteiger partial charge in [0.25, 0.3) is 0 Å². The van der Waals surface area contributed by atoms with Gasteiger partial charge in [-0.3, -0.25) is 18.2 Å². The average Bonchev–Trinajstić information content (AvgIpc) is 1.12. The standard InChI is InChI=1S/2Cr.2Na.2H2O4S.2H2O.2H/c;;;;2*1-5(2,3)4;;;;/h;;;;2*(H2,1,2,3,4);2*1H2;;/q;;2*+1;;;;;2*-1. The molecule has 0 radical (unpaired) electrons. The van der Waals surface area contributed by atoms with Gasteiger partial charge in [-0.05, 0) is 0 Å². The van der Waals surface area contributed by atoms with E-state index in [1.807, 2.05) is 0 Å². The molecule has 96 valence electrons. The molecule has 16 heavy (non-hydrogen) atoms. The molecule has 0 amide bonds. The second-order valence-electron chi connectivity index (χ2n) is 0.896. The van der Waals surface area contributed by atoms with Crippen LogP contribution in [0.5, 0.6) is 0 Å². The van der Waals surface area contributed by atoms with Crippen LogP contribution in [0.4, 0.5) is 0 Å². The Kier molecular flexibility index (Phi) is 73.1. The van der Waals surface area contributed by atoms with Crippen molar-refractivity contribution in [1.29, 1.82) is 0 Å². The van der Waals surface area contributed by atoms with E-state index in [0.29, 0.717) is 0 Å². The Hall–Kier alpha value is 2.72. The number of rotatable bonds is 0. The van der Waals surface area contributed by atoms with Gasteiger partial charge in [-0.2, -0.15) is 16.8 Å². The van der Waals surface area contributed by atoms with Crippen molar-refractivity contribution in [2.75, 3.05) is 0 Å². The van der Waals surface area contributed by atoms with E-state index in [1.165, 1.54) is 0 Å². The maximum Gasteiger partial charge on any atom is 1.00 e. The number of hydrogen-bond acceptors (Lipinski definition) is 4. The second kappa shape index (κ2) is 22.9. The van der Waals surface area contributed by atoms with Gasteiger partial charge in [0, 0.05) is 34.7 Å². The van der Waals surface area contributed by atoms with Crippen molar-refractivity contribution in [1.82, 2.24) is 0 Å². The molecule has 0 unspecified atom stereocenters. The molecule has 0 saturated heterocycles. The smallest absolute Gasteiger partial charge is 1.00 e. The summed E-state index contributed by atoms with van der Waals surface area (Å²) in [6.07, 6.45) is 0. The molecular weight excluding hydrogens is 374 g/mol. The first-order chi connectivity index (χ1) is 4.00. The summed E-state index contributed by atoms with van der Waals surface area (Å²) in [4.78, 5) is 0. The molecule has 0 aromatic heterocycles.